The lowest BCUT2D eigenvalue weighted by Crippen LogP contribution is -2.27. The quantitative estimate of drug-likeness (QED) is 0.685. The Hall–Kier alpha value is -2.73. The number of carbonyl (C=O) groups is 2. The van der Waals surface area contributed by atoms with Gasteiger partial charge in [0.1, 0.15) is 0 Å². The highest BCUT2D eigenvalue weighted by molar-refractivity contribution is 6.22. The molecule has 3 rings (SSSR count). The molecular formula is C21H25N3O3. The predicted molar refractivity (Wildman–Crippen MR) is 104 cm³/mol. The van der Waals surface area contributed by atoms with Crippen LogP contribution in [0.5, 0.6) is 0 Å². The number of nitrogens with zero attached hydrogens (tertiary/aromatic N) is 2. The Morgan fingerprint density at radius 1 is 1.04 bits per heavy atom. The number of ketones is 2. The molecule has 6 heteroatoms. The molecule has 142 valence electrons. The lowest BCUT2D eigenvalue weighted by Gasteiger charge is -2.12. The highest BCUT2D eigenvalue weighted by atomic mass is 16.4. The first-order valence-corrected chi connectivity index (χ1v) is 9.32. The van der Waals surface area contributed by atoms with E-state index >= 15 is 0 Å². The Morgan fingerprint density at radius 3 is 2.52 bits per heavy atom. The second-order valence-electron chi connectivity index (χ2n) is 6.96. The van der Waals surface area contributed by atoms with Gasteiger partial charge < -0.3 is 14.6 Å². The van der Waals surface area contributed by atoms with Crippen LogP contribution in [-0.4, -0.2) is 48.6 Å². The van der Waals surface area contributed by atoms with E-state index in [9.17, 15) is 9.59 Å². The number of Topliss-reactive ketones (excluding diaryl/α,β-unsaturated/α-hetero) is 1. The molecule has 0 fully saturated rings. The molecule has 6 nitrogen and oxygen atoms in total. The summed E-state index contributed by atoms with van der Waals surface area (Å²) in [6.45, 7) is 1.75. The topological polar surface area (TPSA) is 75.4 Å². The molecule has 1 aromatic heterocycles. The zero-order valence-corrected chi connectivity index (χ0v) is 15.8. The van der Waals surface area contributed by atoms with Crippen LogP contribution >= 0.6 is 0 Å². The molecule has 0 spiro atoms. The van der Waals surface area contributed by atoms with Gasteiger partial charge in [0.05, 0.1) is 5.70 Å². The Kier molecular flexibility index (Phi) is 6.19. The van der Waals surface area contributed by atoms with Gasteiger partial charge in [-0.2, -0.15) is 0 Å². The lowest BCUT2D eigenvalue weighted by molar-refractivity contribution is 0.0960. The summed E-state index contributed by atoms with van der Waals surface area (Å²) >= 11 is 0. The molecule has 1 aromatic carbocycles. The molecule has 27 heavy (non-hydrogen) atoms. The minimum Gasteiger partial charge on any atom is -0.432 e. The third-order valence-electron chi connectivity index (χ3n) is 4.45. The van der Waals surface area contributed by atoms with Gasteiger partial charge in [-0.3, -0.25) is 9.59 Å². The van der Waals surface area contributed by atoms with Crippen molar-refractivity contribution in [2.24, 2.45) is 0 Å². The molecule has 1 N–H and O–H groups in total. The number of nitrogens with one attached hydrogen (secondary N) is 1. The summed E-state index contributed by atoms with van der Waals surface area (Å²) in [5.41, 5.74) is 1.13. The van der Waals surface area contributed by atoms with Crippen LogP contribution in [0.15, 0.2) is 46.5 Å². The van der Waals surface area contributed by atoms with Crippen molar-refractivity contribution in [3.05, 3.63) is 53.6 Å². The molecule has 1 heterocycles. The van der Waals surface area contributed by atoms with Crippen LogP contribution in [-0.2, 0) is 0 Å². The molecule has 0 amide bonds. The number of aromatic nitrogens is 1. The maximum Gasteiger partial charge on any atom is 0.231 e. The number of benzene rings is 1. The fourth-order valence-electron chi connectivity index (χ4n) is 3.00. The molecule has 1 aliphatic rings. The Bertz CT molecular complexity index is 838. The summed E-state index contributed by atoms with van der Waals surface area (Å²) in [5, 5.41) is 3.09. The predicted octanol–water partition coefficient (Wildman–Crippen LogP) is 3.32. The number of hydrogen-bond donors (Lipinski definition) is 1. The fraction of sp³-hybridized carbons (Fsp3) is 0.381. The first-order valence-electron chi connectivity index (χ1n) is 9.32. The average molecular weight is 367 g/mol. The van der Waals surface area contributed by atoms with Crippen LogP contribution in [0.2, 0.25) is 0 Å². The monoisotopic (exact) mass is 367 g/mol. The van der Waals surface area contributed by atoms with E-state index < -0.39 is 0 Å². The van der Waals surface area contributed by atoms with E-state index in [4.69, 9.17) is 4.42 Å². The fourth-order valence-corrected chi connectivity index (χ4v) is 3.00. The summed E-state index contributed by atoms with van der Waals surface area (Å²) in [7, 11) is 4.14. The molecule has 0 radical (unpaired) electrons. The van der Waals surface area contributed by atoms with Crippen LogP contribution in [0.1, 0.15) is 46.7 Å². The number of unbranched alkanes of at least 4 members (excludes halogenated alkanes) is 3. The van der Waals surface area contributed by atoms with Crippen molar-refractivity contribution in [3.8, 4) is 11.5 Å². The van der Waals surface area contributed by atoms with Crippen molar-refractivity contribution in [1.82, 2.24) is 15.2 Å². The van der Waals surface area contributed by atoms with Crippen molar-refractivity contribution in [2.45, 2.75) is 25.7 Å². The van der Waals surface area contributed by atoms with E-state index in [1.165, 1.54) is 6.08 Å². The van der Waals surface area contributed by atoms with Gasteiger partial charge in [-0.25, -0.2) is 4.98 Å². The van der Waals surface area contributed by atoms with E-state index in [2.05, 4.69) is 29.3 Å². The van der Waals surface area contributed by atoms with Crippen LogP contribution in [0.4, 0.5) is 0 Å². The van der Waals surface area contributed by atoms with E-state index in [1.54, 1.807) is 0 Å². The number of oxazole rings is 1. The molecule has 1 aliphatic carbocycles. The number of rotatable bonds is 9. The number of allylic oxidation sites excluding steroid dienone is 2. The van der Waals surface area contributed by atoms with Crippen LogP contribution in [0.3, 0.4) is 0 Å². The zero-order chi connectivity index (χ0) is 19.2. The summed E-state index contributed by atoms with van der Waals surface area (Å²) < 4.78 is 5.55. The summed E-state index contributed by atoms with van der Waals surface area (Å²) in [4.78, 5) is 31.4. The minimum absolute atomic E-state index is 0.0214. The molecular weight excluding hydrogens is 342 g/mol. The second kappa shape index (κ2) is 8.77. The largest absolute Gasteiger partial charge is 0.432 e. The molecule has 0 unspecified atom stereocenters. The summed E-state index contributed by atoms with van der Waals surface area (Å²) in [5.74, 6) is -0.304. The van der Waals surface area contributed by atoms with Gasteiger partial charge >= 0.3 is 0 Å². The summed E-state index contributed by atoms with van der Waals surface area (Å²) in [6, 6.07) is 9.24. The van der Waals surface area contributed by atoms with Crippen molar-refractivity contribution < 1.29 is 14.0 Å². The molecule has 0 bridgehead atoms. The van der Waals surface area contributed by atoms with E-state index in [1.807, 2.05) is 30.3 Å². The maximum absolute atomic E-state index is 12.6. The van der Waals surface area contributed by atoms with Crippen molar-refractivity contribution in [1.29, 1.82) is 0 Å². The minimum atomic E-state index is -0.326. The second-order valence-corrected chi connectivity index (χ2v) is 6.96. The van der Waals surface area contributed by atoms with Gasteiger partial charge in [0.2, 0.25) is 23.2 Å². The molecule has 0 saturated carbocycles. The van der Waals surface area contributed by atoms with Crippen LogP contribution in [0, 0.1) is 0 Å². The van der Waals surface area contributed by atoms with Gasteiger partial charge in [-0.05, 0) is 45.6 Å². The van der Waals surface area contributed by atoms with Gasteiger partial charge in [0.15, 0.2) is 5.69 Å². The van der Waals surface area contributed by atoms with Gasteiger partial charge in [-0.15, -0.1) is 0 Å². The SMILES string of the molecule is CN(C)CCCCCCNC1=CC(=O)c2oc(-c3ccccc3)nc2C1=O. The number of hydrogen-bond acceptors (Lipinski definition) is 6. The van der Waals surface area contributed by atoms with Gasteiger partial charge in [0.25, 0.3) is 0 Å². The smallest absolute Gasteiger partial charge is 0.231 e. The van der Waals surface area contributed by atoms with Crippen LogP contribution in [0.25, 0.3) is 11.5 Å². The van der Waals surface area contributed by atoms with E-state index in [0.29, 0.717) is 12.2 Å². The normalized spacial score (nSPS) is 13.7. The van der Waals surface area contributed by atoms with Gasteiger partial charge in [0, 0.05) is 18.2 Å². The van der Waals surface area contributed by atoms with Crippen molar-refractivity contribution >= 4 is 11.6 Å². The zero-order valence-electron chi connectivity index (χ0n) is 15.8. The maximum atomic E-state index is 12.6. The Balaban J connectivity index is 1.57. The van der Waals surface area contributed by atoms with Crippen molar-refractivity contribution in [2.75, 3.05) is 27.2 Å². The molecule has 0 atom stereocenters. The lowest BCUT2D eigenvalue weighted by atomic mass is 10.0. The average Bonchev–Trinajstić information content (AvgIpc) is 3.11. The standard InChI is InChI=1S/C21H25N3O3/c1-24(2)13-9-4-3-8-12-22-16-14-17(25)20-18(19(16)26)23-21(27-20)15-10-6-5-7-11-15/h5-7,10-11,14,22H,3-4,8-9,12-13H2,1-2H3. The first-order chi connectivity index (χ1) is 13.1. The van der Waals surface area contributed by atoms with E-state index in [-0.39, 0.29) is 28.9 Å². The molecule has 0 aliphatic heterocycles. The third-order valence-corrected chi connectivity index (χ3v) is 4.45. The highest BCUT2D eigenvalue weighted by Gasteiger charge is 2.32. The number of fused-ring (bicyclic) bond motifs is 1. The van der Waals surface area contributed by atoms with E-state index in [0.717, 1.165) is 37.8 Å². The summed E-state index contributed by atoms with van der Waals surface area (Å²) in [6.07, 6.45) is 5.67. The van der Waals surface area contributed by atoms with Crippen molar-refractivity contribution in [3.63, 3.8) is 0 Å². The first kappa shape index (κ1) is 19.0. The number of carbonyl (C=O) groups excluding carboxylic acids is 2. The Morgan fingerprint density at radius 2 is 1.78 bits per heavy atom. The van der Waals surface area contributed by atoms with Crippen LogP contribution < -0.4 is 5.32 Å². The highest BCUT2D eigenvalue weighted by Crippen LogP contribution is 2.26. The van der Waals surface area contributed by atoms with Gasteiger partial charge in [-0.1, -0.05) is 31.0 Å². The molecule has 2 aromatic rings. The third kappa shape index (κ3) is 4.71. The molecule has 0 saturated heterocycles. The Labute approximate surface area is 159 Å².